The maximum atomic E-state index is 5.60. The molecule has 1 aliphatic heterocycles. The van der Waals surface area contributed by atoms with E-state index in [1.807, 2.05) is 0 Å². The molecule has 0 saturated carbocycles. The van der Waals surface area contributed by atoms with Gasteiger partial charge in [-0.25, -0.2) is 0 Å². The second-order valence-electron chi connectivity index (χ2n) is 4.47. The molecular formula is C10H21N3S. The Balaban J connectivity index is 2.32. The summed E-state index contributed by atoms with van der Waals surface area (Å²) in [6, 6.07) is 0.702. The van der Waals surface area contributed by atoms with E-state index in [0.29, 0.717) is 16.9 Å². The van der Waals surface area contributed by atoms with Crippen LogP contribution in [0.3, 0.4) is 0 Å². The van der Waals surface area contributed by atoms with Crippen molar-refractivity contribution in [1.82, 2.24) is 9.80 Å². The summed E-state index contributed by atoms with van der Waals surface area (Å²) >= 11 is 4.97. The van der Waals surface area contributed by atoms with Crippen LogP contribution in [0.5, 0.6) is 0 Å². The maximum absolute atomic E-state index is 5.60. The number of likely N-dealkylation sites (tertiary alicyclic amines) is 1. The van der Waals surface area contributed by atoms with Gasteiger partial charge in [0.05, 0.1) is 4.99 Å². The van der Waals surface area contributed by atoms with Crippen LogP contribution in [-0.2, 0) is 0 Å². The summed E-state index contributed by atoms with van der Waals surface area (Å²) in [5.74, 6) is 0.339. The average Bonchev–Trinajstić information content (AvgIpc) is 2.52. The monoisotopic (exact) mass is 215 g/mol. The van der Waals surface area contributed by atoms with Gasteiger partial charge in [-0.1, -0.05) is 19.1 Å². The van der Waals surface area contributed by atoms with Crippen LogP contribution >= 0.6 is 12.2 Å². The van der Waals surface area contributed by atoms with E-state index < -0.39 is 0 Å². The molecule has 2 N–H and O–H groups in total. The van der Waals surface area contributed by atoms with E-state index in [4.69, 9.17) is 18.0 Å². The number of nitrogens with two attached hydrogens (primary N) is 1. The standard InChI is InChI=1S/C10H21N3S/c1-8(10(11)14)6-13-5-4-9(7-13)12(2)3/h8-9H,4-7H2,1-3H3,(H2,11,14). The third-order valence-corrected chi connectivity index (χ3v) is 3.40. The van der Waals surface area contributed by atoms with E-state index in [0.717, 1.165) is 13.1 Å². The first-order chi connectivity index (χ1) is 6.50. The fourth-order valence-electron chi connectivity index (χ4n) is 1.88. The molecule has 0 spiro atoms. The van der Waals surface area contributed by atoms with Crippen molar-refractivity contribution in [3.8, 4) is 0 Å². The first-order valence-corrected chi connectivity index (χ1v) is 5.59. The lowest BCUT2D eigenvalue weighted by Gasteiger charge is -2.22. The second-order valence-corrected chi connectivity index (χ2v) is 4.94. The number of likely N-dealkylation sites (N-methyl/N-ethyl adjacent to an activating group) is 1. The molecule has 0 aromatic heterocycles. The fourth-order valence-corrected chi connectivity index (χ4v) is 1.95. The highest BCUT2D eigenvalue weighted by molar-refractivity contribution is 7.80. The molecule has 1 aliphatic rings. The Morgan fingerprint density at radius 2 is 2.29 bits per heavy atom. The highest BCUT2D eigenvalue weighted by atomic mass is 32.1. The molecule has 0 amide bonds. The van der Waals surface area contributed by atoms with E-state index in [-0.39, 0.29) is 0 Å². The van der Waals surface area contributed by atoms with Gasteiger partial charge in [0.25, 0.3) is 0 Å². The maximum Gasteiger partial charge on any atom is 0.0768 e. The molecule has 1 heterocycles. The summed E-state index contributed by atoms with van der Waals surface area (Å²) in [5, 5.41) is 0. The first kappa shape index (κ1) is 11.9. The molecule has 3 nitrogen and oxygen atoms in total. The van der Waals surface area contributed by atoms with Gasteiger partial charge in [0.2, 0.25) is 0 Å². The van der Waals surface area contributed by atoms with Crippen molar-refractivity contribution >= 4 is 17.2 Å². The number of rotatable bonds is 4. The van der Waals surface area contributed by atoms with Crippen LogP contribution < -0.4 is 5.73 Å². The van der Waals surface area contributed by atoms with Crippen LogP contribution in [0, 0.1) is 5.92 Å². The molecule has 0 aromatic carbocycles. The van der Waals surface area contributed by atoms with Gasteiger partial charge in [0, 0.05) is 25.0 Å². The van der Waals surface area contributed by atoms with Gasteiger partial charge in [0.1, 0.15) is 0 Å². The van der Waals surface area contributed by atoms with Gasteiger partial charge in [-0.2, -0.15) is 0 Å². The number of hydrogen-bond donors (Lipinski definition) is 1. The predicted molar refractivity (Wildman–Crippen MR) is 64.5 cm³/mol. The van der Waals surface area contributed by atoms with Crippen molar-refractivity contribution in [2.45, 2.75) is 19.4 Å². The Bertz CT molecular complexity index is 206. The Labute approximate surface area is 92.2 Å². The van der Waals surface area contributed by atoms with E-state index in [9.17, 15) is 0 Å². The van der Waals surface area contributed by atoms with E-state index in [2.05, 4.69) is 30.8 Å². The largest absolute Gasteiger partial charge is 0.393 e. The Kier molecular flexibility index (Phi) is 4.29. The van der Waals surface area contributed by atoms with E-state index in [1.54, 1.807) is 0 Å². The normalized spacial score (nSPS) is 25.6. The van der Waals surface area contributed by atoms with Gasteiger partial charge in [-0.05, 0) is 27.1 Å². The van der Waals surface area contributed by atoms with Gasteiger partial charge >= 0.3 is 0 Å². The van der Waals surface area contributed by atoms with Crippen molar-refractivity contribution < 1.29 is 0 Å². The van der Waals surface area contributed by atoms with Crippen LogP contribution in [0.2, 0.25) is 0 Å². The summed E-state index contributed by atoms with van der Waals surface area (Å²) < 4.78 is 0. The molecular weight excluding hydrogens is 194 g/mol. The van der Waals surface area contributed by atoms with Gasteiger partial charge in [-0.3, -0.25) is 0 Å². The second kappa shape index (κ2) is 5.05. The first-order valence-electron chi connectivity index (χ1n) is 5.18. The minimum absolute atomic E-state index is 0.339. The van der Waals surface area contributed by atoms with E-state index >= 15 is 0 Å². The zero-order valence-electron chi connectivity index (χ0n) is 9.36. The number of nitrogens with zero attached hydrogens (tertiary/aromatic N) is 2. The van der Waals surface area contributed by atoms with Crippen LogP contribution in [0.1, 0.15) is 13.3 Å². The Morgan fingerprint density at radius 1 is 1.64 bits per heavy atom. The molecule has 1 saturated heterocycles. The van der Waals surface area contributed by atoms with Gasteiger partial charge < -0.3 is 15.5 Å². The minimum atomic E-state index is 0.339. The molecule has 2 atom stereocenters. The van der Waals surface area contributed by atoms with Crippen LogP contribution in [0.25, 0.3) is 0 Å². The minimum Gasteiger partial charge on any atom is -0.393 e. The Morgan fingerprint density at radius 3 is 2.71 bits per heavy atom. The molecule has 1 fully saturated rings. The highest BCUT2D eigenvalue weighted by Crippen LogP contribution is 2.14. The van der Waals surface area contributed by atoms with Crippen LogP contribution in [0.4, 0.5) is 0 Å². The summed E-state index contributed by atoms with van der Waals surface area (Å²) in [7, 11) is 4.29. The third kappa shape index (κ3) is 3.19. The van der Waals surface area contributed by atoms with Crippen molar-refractivity contribution in [2.24, 2.45) is 11.7 Å². The third-order valence-electron chi connectivity index (χ3n) is 3.00. The highest BCUT2D eigenvalue weighted by Gasteiger charge is 2.25. The average molecular weight is 215 g/mol. The molecule has 4 heteroatoms. The van der Waals surface area contributed by atoms with Gasteiger partial charge in [0.15, 0.2) is 0 Å². The molecule has 1 rings (SSSR count). The molecule has 0 aromatic rings. The molecule has 14 heavy (non-hydrogen) atoms. The fraction of sp³-hybridized carbons (Fsp3) is 0.900. The summed E-state index contributed by atoms with van der Waals surface area (Å²) in [5.41, 5.74) is 5.60. The smallest absolute Gasteiger partial charge is 0.0768 e. The van der Waals surface area contributed by atoms with Gasteiger partial charge in [-0.15, -0.1) is 0 Å². The van der Waals surface area contributed by atoms with Crippen LogP contribution in [0.15, 0.2) is 0 Å². The summed E-state index contributed by atoms with van der Waals surface area (Å²) in [4.78, 5) is 5.39. The zero-order valence-corrected chi connectivity index (χ0v) is 10.2. The predicted octanol–water partition coefficient (Wildman–Crippen LogP) is 0.544. The van der Waals surface area contributed by atoms with Crippen molar-refractivity contribution in [1.29, 1.82) is 0 Å². The molecule has 0 aliphatic carbocycles. The van der Waals surface area contributed by atoms with E-state index in [1.165, 1.54) is 13.0 Å². The number of hydrogen-bond acceptors (Lipinski definition) is 3. The van der Waals surface area contributed by atoms with Crippen molar-refractivity contribution in [3.63, 3.8) is 0 Å². The lowest BCUT2D eigenvalue weighted by atomic mass is 10.2. The lowest BCUT2D eigenvalue weighted by molar-refractivity contribution is 0.261. The summed E-state index contributed by atoms with van der Waals surface area (Å²) in [6.45, 7) is 5.45. The van der Waals surface area contributed by atoms with Crippen LogP contribution in [-0.4, -0.2) is 54.6 Å². The summed E-state index contributed by atoms with van der Waals surface area (Å²) in [6.07, 6.45) is 1.26. The molecule has 0 radical (unpaired) electrons. The number of thiocarbonyl (C=S) groups is 1. The molecule has 2 unspecified atom stereocenters. The topological polar surface area (TPSA) is 32.5 Å². The van der Waals surface area contributed by atoms with Crippen molar-refractivity contribution in [2.75, 3.05) is 33.7 Å². The molecule has 82 valence electrons. The SMILES string of the molecule is CC(CN1CCC(N(C)C)C1)C(N)=S. The quantitative estimate of drug-likeness (QED) is 0.694. The molecule has 0 bridgehead atoms. The Hall–Kier alpha value is -0.190. The zero-order chi connectivity index (χ0) is 10.7. The lowest BCUT2D eigenvalue weighted by Crippen LogP contribution is -2.35. The van der Waals surface area contributed by atoms with Crippen molar-refractivity contribution in [3.05, 3.63) is 0 Å².